The van der Waals surface area contributed by atoms with Gasteiger partial charge in [-0.1, -0.05) is 6.92 Å². The Hall–Kier alpha value is -3.08. The van der Waals surface area contributed by atoms with Crippen molar-refractivity contribution in [1.82, 2.24) is 4.98 Å². The number of benzene rings is 2. The number of aromatic nitrogens is 1. The van der Waals surface area contributed by atoms with E-state index in [-0.39, 0.29) is 5.97 Å². The van der Waals surface area contributed by atoms with E-state index < -0.39 is 0 Å². The number of carbonyl (C=O) groups excluding carboxylic acids is 1. The number of anilines is 2. The van der Waals surface area contributed by atoms with Crippen LogP contribution in [0.25, 0.3) is 10.9 Å². The van der Waals surface area contributed by atoms with Crippen LogP contribution in [-0.4, -0.2) is 24.7 Å². The minimum Gasteiger partial charge on any atom is -0.497 e. The molecule has 0 fully saturated rings. The third-order valence-electron chi connectivity index (χ3n) is 3.98. The molecule has 3 aromatic rings. The van der Waals surface area contributed by atoms with Gasteiger partial charge in [-0.2, -0.15) is 0 Å². The fourth-order valence-electron chi connectivity index (χ4n) is 2.69. The lowest BCUT2D eigenvalue weighted by atomic mass is 10.1. The number of aryl methyl sites for hydroxylation is 1. The van der Waals surface area contributed by atoms with Crippen molar-refractivity contribution >= 4 is 28.2 Å². The van der Waals surface area contributed by atoms with Crippen LogP contribution in [0.5, 0.6) is 5.75 Å². The highest BCUT2D eigenvalue weighted by molar-refractivity contribution is 5.94. The number of hydrogen-bond acceptors (Lipinski definition) is 5. The van der Waals surface area contributed by atoms with E-state index in [4.69, 9.17) is 9.47 Å². The quantitative estimate of drug-likeness (QED) is 0.643. The van der Waals surface area contributed by atoms with Gasteiger partial charge in [-0.15, -0.1) is 0 Å². The van der Waals surface area contributed by atoms with Gasteiger partial charge in [0.2, 0.25) is 0 Å². The molecule has 0 amide bonds. The lowest BCUT2D eigenvalue weighted by Crippen LogP contribution is -2.05. The van der Waals surface area contributed by atoms with Gasteiger partial charge in [0.15, 0.2) is 0 Å². The van der Waals surface area contributed by atoms with E-state index in [2.05, 4.69) is 10.3 Å². The summed E-state index contributed by atoms with van der Waals surface area (Å²) >= 11 is 0. The molecule has 0 unspecified atom stereocenters. The fraction of sp³-hybridized carbons (Fsp3) is 0.238. The minimum atomic E-state index is -0.298. The second-order valence-corrected chi connectivity index (χ2v) is 6.03. The van der Waals surface area contributed by atoms with Crippen LogP contribution in [0.15, 0.2) is 48.5 Å². The Morgan fingerprint density at radius 3 is 2.58 bits per heavy atom. The van der Waals surface area contributed by atoms with E-state index in [1.807, 2.05) is 50.2 Å². The summed E-state index contributed by atoms with van der Waals surface area (Å²) < 4.78 is 10.5. The van der Waals surface area contributed by atoms with Crippen LogP contribution in [0.4, 0.5) is 11.4 Å². The molecule has 0 aliphatic heterocycles. The summed E-state index contributed by atoms with van der Waals surface area (Å²) in [6, 6.07) is 15.0. The largest absolute Gasteiger partial charge is 0.497 e. The fourth-order valence-corrected chi connectivity index (χ4v) is 2.69. The van der Waals surface area contributed by atoms with Gasteiger partial charge in [-0.3, -0.25) is 4.98 Å². The Morgan fingerprint density at radius 2 is 1.88 bits per heavy atom. The molecule has 134 valence electrons. The molecule has 2 aromatic carbocycles. The van der Waals surface area contributed by atoms with Crippen LogP contribution in [0.2, 0.25) is 0 Å². The van der Waals surface area contributed by atoms with E-state index in [9.17, 15) is 4.79 Å². The van der Waals surface area contributed by atoms with Gasteiger partial charge in [-0.25, -0.2) is 4.79 Å². The van der Waals surface area contributed by atoms with Crippen LogP contribution in [0, 0.1) is 6.92 Å². The van der Waals surface area contributed by atoms with Crippen molar-refractivity contribution in [2.75, 3.05) is 19.0 Å². The van der Waals surface area contributed by atoms with Crippen LogP contribution in [0.3, 0.4) is 0 Å². The molecule has 0 aliphatic rings. The van der Waals surface area contributed by atoms with Crippen molar-refractivity contribution in [2.45, 2.75) is 20.3 Å². The Bertz CT molecular complexity index is 920. The number of hydrogen-bond donors (Lipinski definition) is 1. The summed E-state index contributed by atoms with van der Waals surface area (Å²) in [7, 11) is 1.65. The third-order valence-corrected chi connectivity index (χ3v) is 3.98. The summed E-state index contributed by atoms with van der Waals surface area (Å²) in [4.78, 5) is 16.5. The smallest absolute Gasteiger partial charge is 0.338 e. The zero-order valence-electron chi connectivity index (χ0n) is 15.2. The monoisotopic (exact) mass is 350 g/mol. The summed E-state index contributed by atoms with van der Waals surface area (Å²) in [6.07, 6.45) is 0.809. The number of pyridine rings is 1. The van der Waals surface area contributed by atoms with Crippen LogP contribution < -0.4 is 10.1 Å². The number of methoxy groups -OCH3 is 1. The summed E-state index contributed by atoms with van der Waals surface area (Å²) in [5, 5.41) is 4.37. The lowest BCUT2D eigenvalue weighted by Gasteiger charge is -2.12. The number of nitrogens with zero attached hydrogens (tertiary/aromatic N) is 1. The third kappa shape index (κ3) is 3.94. The van der Waals surface area contributed by atoms with Crippen molar-refractivity contribution in [3.05, 3.63) is 59.8 Å². The van der Waals surface area contributed by atoms with Crippen molar-refractivity contribution in [3.63, 3.8) is 0 Å². The highest BCUT2D eigenvalue weighted by atomic mass is 16.5. The molecular formula is C21H22N2O3. The predicted molar refractivity (Wildman–Crippen MR) is 103 cm³/mol. The molecule has 1 aromatic heterocycles. The second kappa shape index (κ2) is 7.87. The van der Waals surface area contributed by atoms with E-state index in [1.165, 1.54) is 0 Å². The maximum absolute atomic E-state index is 11.9. The highest BCUT2D eigenvalue weighted by Crippen LogP contribution is 2.29. The summed E-state index contributed by atoms with van der Waals surface area (Å²) in [5.41, 5.74) is 4.18. The van der Waals surface area contributed by atoms with E-state index in [0.717, 1.165) is 40.1 Å². The Morgan fingerprint density at radius 1 is 1.12 bits per heavy atom. The molecule has 0 bridgehead atoms. The number of nitrogens with one attached hydrogen (secondary N) is 1. The topological polar surface area (TPSA) is 60.5 Å². The SMILES string of the molecule is CCCOC(=O)c1ccc(Nc2cc(C)nc3ccc(OC)cc23)cc1. The van der Waals surface area contributed by atoms with Gasteiger partial charge in [0.05, 0.1) is 24.8 Å². The molecule has 5 heteroatoms. The zero-order chi connectivity index (χ0) is 18.5. The van der Waals surface area contributed by atoms with Gasteiger partial charge in [0, 0.05) is 22.5 Å². The molecular weight excluding hydrogens is 328 g/mol. The van der Waals surface area contributed by atoms with E-state index in [0.29, 0.717) is 12.2 Å². The number of rotatable bonds is 6. The first-order valence-corrected chi connectivity index (χ1v) is 8.60. The van der Waals surface area contributed by atoms with Gasteiger partial charge in [-0.05, 0) is 61.9 Å². The molecule has 0 spiro atoms. The second-order valence-electron chi connectivity index (χ2n) is 6.03. The molecule has 0 saturated carbocycles. The number of carbonyl (C=O) groups is 1. The minimum absolute atomic E-state index is 0.298. The van der Waals surface area contributed by atoms with Crippen molar-refractivity contribution in [3.8, 4) is 5.75 Å². The normalized spacial score (nSPS) is 10.6. The Balaban J connectivity index is 1.87. The van der Waals surface area contributed by atoms with Crippen LogP contribution in [-0.2, 0) is 4.74 Å². The molecule has 5 nitrogen and oxygen atoms in total. The first-order chi connectivity index (χ1) is 12.6. The Labute approximate surface area is 153 Å². The van der Waals surface area contributed by atoms with Crippen LogP contribution >= 0.6 is 0 Å². The maximum atomic E-state index is 11.9. The lowest BCUT2D eigenvalue weighted by molar-refractivity contribution is 0.0505. The van der Waals surface area contributed by atoms with Gasteiger partial charge >= 0.3 is 5.97 Å². The first kappa shape index (κ1) is 17.7. The zero-order valence-corrected chi connectivity index (χ0v) is 15.2. The molecule has 1 heterocycles. The molecule has 0 radical (unpaired) electrons. The van der Waals surface area contributed by atoms with Gasteiger partial charge in [0.25, 0.3) is 0 Å². The predicted octanol–water partition coefficient (Wildman–Crippen LogP) is 4.86. The number of ether oxygens (including phenoxy) is 2. The molecule has 0 saturated heterocycles. The van der Waals surface area contributed by atoms with Crippen molar-refractivity contribution in [1.29, 1.82) is 0 Å². The molecule has 3 rings (SSSR count). The van der Waals surface area contributed by atoms with Crippen LogP contribution in [0.1, 0.15) is 29.4 Å². The molecule has 0 atom stereocenters. The average Bonchev–Trinajstić information content (AvgIpc) is 2.66. The first-order valence-electron chi connectivity index (χ1n) is 8.60. The van der Waals surface area contributed by atoms with Crippen molar-refractivity contribution < 1.29 is 14.3 Å². The van der Waals surface area contributed by atoms with Gasteiger partial charge in [0.1, 0.15) is 5.75 Å². The average molecular weight is 350 g/mol. The molecule has 26 heavy (non-hydrogen) atoms. The van der Waals surface area contributed by atoms with Crippen molar-refractivity contribution in [2.24, 2.45) is 0 Å². The maximum Gasteiger partial charge on any atom is 0.338 e. The number of esters is 1. The molecule has 1 N–H and O–H groups in total. The summed E-state index contributed by atoms with van der Waals surface area (Å²) in [5.74, 6) is 0.480. The van der Waals surface area contributed by atoms with E-state index in [1.54, 1.807) is 19.2 Å². The highest BCUT2D eigenvalue weighted by Gasteiger charge is 2.09. The molecule has 0 aliphatic carbocycles. The Kier molecular flexibility index (Phi) is 5.37. The summed E-state index contributed by atoms with van der Waals surface area (Å²) in [6.45, 7) is 4.36. The standard InChI is InChI=1S/C21H22N2O3/c1-4-11-26-21(24)15-5-7-16(8-6-15)23-20-12-14(2)22-19-10-9-17(25-3)13-18(19)20/h5-10,12-13H,4,11H2,1-3H3,(H,22,23). The number of fused-ring (bicyclic) bond motifs is 1. The van der Waals surface area contributed by atoms with Gasteiger partial charge < -0.3 is 14.8 Å². The van der Waals surface area contributed by atoms with E-state index >= 15 is 0 Å².